The van der Waals surface area contributed by atoms with Crippen molar-refractivity contribution in [1.82, 2.24) is 9.80 Å². The lowest BCUT2D eigenvalue weighted by Gasteiger charge is -2.37. The van der Waals surface area contributed by atoms with Gasteiger partial charge in [0.1, 0.15) is 16.5 Å². The first-order valence-electron chi connectivity index (χ1n) is 13.6. The molecule has 2 aromatic rings. The largest absolute Gasteiger partial charge is 0.464 e. The van der Waals surface area contributed by atoms with Crippen molar-refractivity contribution in [3.8, 4) is 0 Å². The molecule has 0 spiro atoms. The molecule has 1 amide bonds. The Kier molecular flexibility index (Phi) is 8.26. The van der Waals surface area contributed by atoms with Crippen LogP contribution in [0.15, 0.2) is 64.1 Å². The van der Waals surface area contributed by atoms with Crippen LogP contribution in [0.2, 0.25) is 10.0 Å². The number of thioether (sulfide) groups is 1. The van der Waals surface area contributed by atoms with Gasteiger partial charge in [0.2, 0.25) is 0 Å². The fourth-order valence-electron chi connectivity index (χ4n) is 6.07. The molecular weight excluding hydrogens is 567 g/mol. The molecule has 3 aliphatic rings. The van der Waals surface area contributed by atoms with Gasteiger partial charge >= 0.3 is 5.97 Å². The minimum atomic E-state index is -0.656. The fourth-order valence-corrected chi connectivity index (χ4v) is 7.68. The third kappa shape index (κ3) is 4.93. The smallest absolute Gasteiger partial charge is 0.328 e. The topological polar surface area (TPSA) is 88.2 Å². The number of ether oxygens (including phenoxy) is 1. The number of allylic oxidation sites excluding steroid dienone is 1. The molecule has 0 aliphatic carbocycles. The molecule has 3 aliphatic heterocycles. The molecule has 3 heterocycles. The van der Waals surface area contributed by atoms with Crippen molar-refractivity contribution in [2.75, 3.05) is 13.2 Å². The van der Waals surface area contributed by atoms with Crippen LogP contribution in [0.1, 0.15) is 57.7 Å². The molecule has 212 valence electrons. The standard InChI is InChI=1S/C30H34Cl2N4O3S/c1-5-39-28(38)23-15-14-22(16-33)35(23)27(37)25-24(17(2)3)36-26(18-6-10-20(31)11-7-18)30(4,34-29(36)40-25)19-8-12-21(32)13-9-19/h6-13,17,22-23,26H,5,14-16,33H2,1-4H3/t22-,23-,26+,30-/m0/s1. The van der Waals surface area contributed by atoms with Gasteiger partial charge in [0.25, 0.3) is 5.91 Å². The van der Waals surface area contributed by atoms with Gasteiger partial charge in [-0.3, -0.25) is 4.79 Å². The SMILES string of the molecule is CCOC(=O)[C@@H]1CC[C@@H](CN)N1C(=O)C1=C(C(C)C)N2C(=N[C@@](C)(c3ccc(Cl)cc3)[C@H]2c2ccc(Cl)cc2)S1. The highest BCUT2D eigenvalue weighted by atomic mass is 35.5. The molecule has 5 rings (SSSR count). The fraction of sp³-hybridized carbons (Fsp3) is 0.433. The number of carbonyl (C=O) groups is 2. The van der Waals surface area contributed by atoms with Gasteiger partial charge in [0.05, 0.1) is 12.6 Å². The second-order valence-electron chi connectivity index (χ2n) is 10.8. The Morgan fingerprint density at radius 1 is 1.10 bits per heavy atom. The summed E-state index contributed by atoms with van der Waals surface area (Å²) in [7, 11) is 0. The summed E-state index contributed by atoms with van der Waals surface area (Å²) in [6.07, 6.45) is 1.20. The summed E-state index contributed by atoms with van der Waals surface area (Å²) < 4.78 is 5.33. The average molecular weight is 602 g/mol. The van der Waals surface area contributed by atoms with Gasteiger partial charge in [-0.05, 0) is 79.8 Å². The summed E-state index contributed by atoms with van der Waals surface area (Å²) in [5.74, 6) is -0.574. The van der Waals surface area contributed by atoms with Crippen LogP contribution in [0, 0.1) is 5.92 Å². The van der Waals surface area contributed by atoms with Crippen LogP contribution < -0.4 is 5.73 Å². The van der Waals surface area contributed by atoms with E-state index in [2.05, 4.69) is 25.7 Å². The van der Waals surface area contributed by atoms with Crippen LogP contribution in [-0.2, 0) is 19.9 Å². The van der Waals surface area contributed by atoms with Crippen LogP contribution in [0.5, 0.6) is 0 Å². The summed E-state index contributed by atoms with van der Waals surface area (Å²) in [5.41, 5.74) is 8.35. The number of amides is 1. The number of hydrogen-bond acceptors (Lipinski definition) is 7. The Hall–Kier alpha value is -2.52. The van der Waals surface area contributed by atoms with E-state index in [1.165, 1.54) is 11.8 Å². The molecule has 0 bridgehead atoms. The summed E-state index contributed by atoms with van der Waals surface area (Å²) >= 11 is 13.9. The highest BCUT2D eigenvalue weighted by Crippen LogP contribution is 2.56. The van der Waals surface area contributed by atoms with Crippen molar-refractivity contribution in [2.45, 2.75) is 64.2 Å². The van der Waals surface area contributed by atoms with E-state index in [9.17, 15) is 9.59 Å². The van der Waals surface area contributed by atoms with Gasteiger partial charge in [0.15, 0.2) is 5.17 Å². The Morgan fingerprint density at radius 2 is 1.73 bits per heavy atom. The number of benzene rings is 2. The van der Waals surface area contributed by atoms with Gasteiger partial charge in [0, 0.05) is 28.3 Å². The zero-order valence-electron chi connectivity index (χ0n) is 23.1. The second kappa shape index (κ2) is 11.4. The van der Waals surface area contributed by atoms with E-state index in [4.69, 9.17) is 38.7 Å². The number of likely N-dealkylation sites (tertiary alicyclic amines) is 1. The first-order valence-corrected chi connectivity index (χ1v) is 15.2. The highest BCUT2D eigenvalue weighted by molar-refractivity contribution is 8.18. The highest BCUT2D eigenvalue weighted by Gasteiger charge is 2.54. The van der Waals surface area contributed by atoms with E-state index in [0.29, 0.717) is 27.8 Å². The molecular formula is C30H34Cl2N4O3S. The number of carbonyl (C=O) groups excluding carboxylic acids is 2. The van der Waals surface area contributed by atoms with Crippen molar-refractivity contribution < 1.29 is 14.3 Å². The maximum absolute atomic E-state index is 14.3. The summed E-state index contributed by atoms with van der Waals surface area (Å²) in [6.45, 7) is 8.58. The van der Waals surface area contributed by atoms with Crippen LogP contribution in [0.4, 0.5) is 0 Å². The summed E-state index contributed by atoms with van der Waals surface area (Å²) in [4.78, 5) is 36.9. The van der Waals surface area contributed by atoms with Gasteiger partial charge in [-0.25, -0.2) is 9.79 Å². The minimum Gasteiger partial charge on any atom is -0.464 e. The van der Waals surface area contributed by atoms with Gasteiger partial charge < -0.3 is 20.3 Å². The molecule has 0 saturated carbocycles. The number of nitrogens with zero attached hydrogens (tertiary/aromatic N) is 3. The van der Waals surface area contributed by atoms with Gasteiger partial charge in [-0.15, -0.1) is 0 Å². The zero-order valence-corrected chi connectivity index (χ0v) is 25.4. The molecule has 0 unspecified atom stereocenters. The lowest BCUT2D eigenvalue weighted by Crippen LogP contribution is -2.48. The third-order valence-electron chi connectivity index (χ3n) is 7.93. The van der Waals surface area contributed by atoms with Crippen molar-refractivity contribution in [3.63, 3.8) is 0 Å². The molecule has 1 saturated heterocycles. The molecule has 2 aromatic carbocycles. The zero-order chi connectivity index (χ0) is 28.8. The number of aliphatic imine (C=N–C) groups is 1. The number of amidine groups is 1. The molecule has 4 atom stereocenters. The van der Waals surface area contributed by atoms with Crippen LogP contribution >= 0.6 is 35.0 Å². The van der Waals surface area contributed by atoms with Crippen molar-refractivity contribution >= 4 is 52.0 Å². The average Bonchev–Trinajstić information content (AvgIpc) is 3.59. The molecule has 2 N–H and O–H groups in total. The Balaban J connectivity index is 1.62. The summed E-state index contributed by atoms with van der Waals surface area (Å²) in [5, 5.41) is 2.05. The predicted octanol–water partition coefficient (Wildman–Crippen LogP) is 6.12. The van der Waals surface area contributed by atoms with E-state index in [0.717, 1.165) is 22.0 Å². The Bertz CT molecular complexity index is 1360. The number of nitrogens with two attached hydrogens (primary N) is 1. The molecule has 0 aromatic heterocycles. The monoisotopic (exact) mass is 600 g/mol. The van der Waals surface area contributed by atoms with E-state index in [1.54, 1.807) is 11.8 Å². The summed E-state index contributed by atoms with van der Waals surface area (Å²) in [6, 6.07) is 14.5. The number of halogens is 2. The molecule has 0 radical (unpaired) electrons. The van der Waals surface area contributed by atoms with Crippen molar-refractivity contribution in [2.24, 2.45) is 16.6 Å². The van der Waals surface area contributed by atoms with Crippen LogP contribution in [0.3, 0.4) is 0 Å². The van der Waals surface area contributed by atoms with Crippen molar-refractivity contribution in [3.05, 3.63) is 80.3 Å². The second-order valence-corrected chi connectivity index (χ2v) is 12.6. The maximum Gasteiger partial charge on any atom is 0.328 e. The molecule has 7 nitrogen and oxygen atoms in total. The first-order chi connectivity index (χ1) is 19.1. The Morgan fingerprint density at radius 3 is 2.30 bits per heavy atom. The first kappa shape index (κ1) is 29.0. The van der Waals surface area contributed by atoms with Gasteiger partial charge in [-0.1, -0.05) is 61.3 Å². The molecule has 10 heteroatoms. The lowest BCUT2D eigenvalue weighted by molar-refractivity contribution is -0.152. The lowest BCUT2D eigenvalue weighted by atomic mass is 9.81. The molecule has 40 heavy (non-hydrogen) atoms. The van der Waals surface area contributed by atoms with Crippen molar-refractivity contribution in [1.29, 1.82) is 0 Å². The Labute approximate surface area is 249 Å². The predicted molar refractivity (Wildman–Crippen MR) is 161 cm³/mol. The third-order valence-corrected chi connectivity index (χ3v) is 9.50. The van der Waals surface area contributed by atoms with E-state index < -0.39 is 11.6 Å². The van der Waals surface area contributed by atoms with E-state index in [1.807, 2.05) is 48.5 Å². The van der Waals surface area contributed by atoms with Crippen LogP contribution in [0.25, 0.3) is 0 Å². The van der Waals surface area contributed by atoms with E-state index >= 15 is 0 Å². The van der Waals surface area contributed by atoms with E-state index in [-0.39, 0.29) is 43.0 Å². The number of rotatable bonds is 7. The number of hydrogen-bond donors (Lipinski definition) is 1. The number of fused-ring (bicyclic) bond motifs is 1. The normalized spacial score (nSPS) is 26.0. The molecule has 1 fully saturated rings. The quantitative estimate of drug-likeness (QED) is 0.385. The van der Waals surface area contributed by atoms with Crippen LogP contribution in [-0.4, -0.2) is 52.1 Å². The number of esters is 1. The van der Waals surface area contributed by atoms with Gasteiger partial charge in [-0.2, -0.15) is 0 Å². The maximum atomic E-state index is 14.3. The minimum absolute atomic E-state index is 0.00138.